The van der Waals surface area contributed by atoms with Crippen LogP contribution in [0.4, 0.5) is 0 Å². The monoisotopic (exact) mass is 492 g/mol. The van der Waals surface area contributed by atoms with Crippen LogP contribution in [0.1, 0.15) is 5.56 Å². The molecule has 11 heteroatoms. The van der Waals surface area contributed by atoms with Crippen molar-refractivity contribution in [2.75, 3.05) is 4.43 Å². The molecule has 1 saturated heterocycles. The number of nitrogens with zero attached hydrogens (tertiary/aromatic N) is 4. The van der Waals surface area contributed by atoms with E-state index in [1.54, 1.807) is 30.3 Å². The zero-order valence-electron chi connectivity index (χ0n) is 13.4. The zero-order chi connectivity index (χ0) is 19.5. The Hall–Kier alpha value is -1.53. The fourth-order valence-corrected chi connectivity index (χ4v) is 4.54. The molecule has 3 N–H and O–H groups in total. The number of likely N-dealkylation sites (tertiary alicyclic amines) is 1. The first-order chi connectivity index (χ1) is 12.3. The van der Waals surface area contributed by atoms with Crippen LogP contribution in [0.15, 0.2) is 35.4 Å². The number of alkyl halides is 1. The standard InChI is InChI=1S/C15H17IN4O5S/c16-7-9-10(18-19-17)12(21)20(9)15(14(24)25,11(26)13(22)23)6-8-4-2-1-3-5-8/h1-5,9-12,21,26H,6-7H2,(H,22,23)(H,24,25). The number of benzene rings is 1. The summed E-state index contributed by atoms with van der Waals surface area (Å²) in [5.41, 5.74) is 7.23. The van der Waals surface area contributed by atoms with E-state index in [0.717, 1.165) is 0 Å². The van der Waals surface area contributed by atoms with Gasteiger partial charge in [-0.1, -0.05) is 58.0 Å². The third-order valence-corrected chi connectivity index (χ3v) is 6.07. The number of carboxylic acid groups (broad SMARTS) is 2. The van der Waals surface area contributed by atoms with Gasteiger partial charge in [-0.15, -0.1) is 0 Å². The highest BCUT2D eigenvalue weighted by molar-refractivity contribution is 14.1. The maximum atomic E-state index is 12.3. The maximum Gasteiger partial charge on any atom is 0.326 e. The molecule has 140 valence electrons. The van der Waals surface area contributed by atoms with Crippen LogP contribution in [-0.2, 0) is 16.0 Å². The first kappa shape index (κ1) is 20.8. The third-order valence-electron chi connectivity index (χ3n) is 4.52. The molecule has 0 saturated carbocycles. The van der Waals surface area contributed by atoms with Crippen LogP contribution in [0.3, 0.4) is 0 Å². The normalized spacial score (nSPS) is 26.0. The predicted molar refractivity (Wildman–Crippen MR) is 104 cm³/mol. The van der Waals surface area contributed by atoms with Gasteiger partial charge in [0.2, 0.25) is 0 Å². The largest absolute Gasteiger partial charge is 0.480 e. The summed E-state index contributed by atoms with van der Waals surface area (Å²) in [5, 5.41) is 31.9. The number of hydrogen-bond acceptors (Lipinski definition) is 6. The lowest BCUT2D eigenvalue weighted by molar-refractivity contribution is -0.204. The molecule has 1 aliphatic rings. The Balaban J connectivity index is 2.57. The highest BCUT2D eigenvalue weighted by Crippen LogP contribution is 2.41. The number of carboxylic acids is 2. The van der Waals surface area contributed by atoms with Gasteiger partial charge in [0.1, 0.15) is 17.0 Å². The van der Waals surface area contributed by atoms with E-state index in [-0.39, 0.29) is 6.42 Å². The quantitative estimate of drug-likeness (QED) is 0.108. The number of aliphatic carboxylic acids is 2. The third kappa shape index (κ3) is 3.49. The van der Waals surface area contributed by atoms with Gasteiger partial charge >= 0.3 is 11.9 Å². The summed E-state index contributed by atoms with van der Waals surface area (Å²) in [7, 11) is 0. The molecule has 2 rings (SSSR count). The fraction of sp³-hybridized carbons (Fsp3) is 0.467. The average Bonchev–Trinajstić information content (AvgIpc) is 2.62. The maximum absolute atomic E-state index is 12.3. The first-order valence-corrected chi connectivity index (χ1v) is 9.60. The molecule has 26 heavy (non-hydrogen) atoms. The van der Waals surface area contributed by atoms with E-state index in [1.807, 2.05) is 22.6 Å². The summed E-state index contributed by atoms with van der Waals surface area (Å²) < 4.78 is 0.336. The van der Waals surface area contributed by atoms with Gasteiger partial charge in [0.15, 0.2) is 0 Å². The molecule has 9 nitrogen and oxygen atoms in total. The fourth-order valence-electron chi connectivity index (χ4n) is 3.26. The van der Waals surface area contributed by atoms with Crippen molar-refractivity contribution in [2.45, 2.75) is 35.5 Å². The number of aliphatic hydroxyl groups excluding tert-OH is 1. The molecule has 0 aromatic heterocycles. The van der Waals surface area contributed by atoms with E-state index >= 15 is 0 Å². The number of thiol groups is 1. The average molecular weight is 492 g/mol. The molecule has 5 atom stereocenters. The number of halogens is 1. The Morgan fingerprint density at radius 2 is 2.00 bits per heavy atom. The van der Waals surface area contributed by atoms with Crippen molar-refractivity contribution in [3.63, 3.8) is 0 Å². The van der Waals surface area contributed by atoms with Crippen molar-refractivity contribution in [3.05, 3.63) is 46.3 Å². The summed E-state index contributed by atoms with van der Waals surface area (Å²) in [4.78, 5) is 27.8. The molecule has 5 unspecified atom stereocenters. The van der Waals surface area contributed by atoms with Gasteiger partial charge in [0.25, 0.3) is 0 Å². The second-order valence-corrected chi connectivity index (χ2v) is 7.27. The molecular weight excluding hydrogens is 475 g/mol. The highest BCUT2D eigenvalue weighted by atomic mass is 127. The summed E-state index contributed by atoms with van der Waals surface area (Å²) >= 11 is 6.04. The van der Waals surface area contributed by atoms with Crippen molar-refractivity contribution in [1.82, 2.24) is 4.90 Å². The van der Waals surface area contributed by atoms with Crippen LogP contribution in [-0.4, -0.2) is 65.7 Å². The Bertz CT molecular complexity index is 732. The van der Waals surface area contributed by atoms with Crippen molar-refractivity contribution >= 4 is 47.2 Å². The predicted octanol–water partition coefficient (Wildman–Crippen LogP) is 1.55. The van der Waals surface area contributed by atoms with Crippen molar-refractivity contribution in [3.8, 4) is 0 Å². The molecule has 1 fully saturated rings. The molecule has 0 radical (unpaired) electrons. The number of rotatable bonds is 8. The number of carbonyl (C=O) groups is 2. The van der Waals surface area contributed by atoms with Gasteiger partial charge in [-0.3, -0.25) is 14.5 Å². The molecule has 1 aromatic rings. The molecule has 1 aliphatic heterocycles. The second kappa shape index (κ2) is 8.44. The topological polar surface area (TPSA) is 147 Å². The molecule has 1 heterocycles. The SMILES string of the molecule is [N-]=[N+]=NC1C(O)N(C(Cc2ccccc2)(C(=O)O)C(S)C(=O)O)C1CI. The first-order valence-electron chi connectivity index (χ1n) is 7.56. The van der Waals surface area contributed by atoms with Gasteiger partial charge in [-0.2, -0.15) is 12.6 Å². The Kier molecular flexibility index (Phi) is 6.74. The molecular formula is C15H17IN4O5S. The van der Waals surface area contributed by atoms with Gasteiger partial charge < -0.3 is 15.3 Å². The van der Waals surface area contributed by atoms with E-state index in [2.05, 4.69) is 22.7 Å². The minimum absolute atomic E-state index is 0.184. The van der Waals surface area contributed by atoms with Crippen LogP contribution in [0.25, 0.3) is 10.4 Å². The van der Waals surface area contributed by atoms with E-state index in [4.69, 9.17) is 5.53 Å². The summed E-state index contributed by atoms with van der Waals surface area (Å²) in [6.07, 6.45) is -1.60. The molecule has 0 bridgehead atoms. The summed E-state index contributed by atoms with van der Waals surface area (Å²) in [6, 6.07) is 7.04. The van der Waals surface area contributed by atoms with Crippen LogP contribution in [0, 0.1) is 0 Å². The van der Waals surface area contributed by atoms with Crippen molar-refractivity contribution < 1.29 is 24.9 Å². The van der Waals surface area contributed by atoms with E-state index < -0.39 is 41.0 Å². The number of azide groups is 1. The van der Waals surface area contributed by atoms with Crippen LogP contribution in [0.2, 0.25) is 0 Å². The molecule has 0 spiro atoms. The highest BCUT2D eigenvalue weighted by Gasteiger charge is 2.63. The van der Waals surface area contributed by atoms with E-state index in [1.165, 1.54) is 4.90 Å². The lowest BCUT2D eigenvalue weighted by Gasteiger charge is -2.58. The molecule has 0 aliphatic carbocycles. The van der Waals surface area contributed by atoms with E-state index in [0.29, 0.717) is 9.99 Å². The second-order valence-electron chi connectivity index (χ2n) is 5.87. The lowest BCUT2D eigenvalue weighted by atomic mass is 9.78. The summed E-state index contributed by atoms with van der Waals surface area (Å²) in [5.74, 6) is -2.84. The van der Waals surface area contributed by atoms with Crippen molar-refractivity contribution in [2.24, 2.45) is 5.11 Å². The Labute approximate surface area is 168 Å². The van der Waals surface area contributed by atoms with Gasteiger partial charge in [0.05, 0.1) is 6.04 Å². The Morgan fingerprint density at radius 1 is 1.38 bits per heavy atom. The van der Waals surface area contributed by atoms with Crippen molar-refractivity contribution in [1.29, 1.82) is 0 Å². The van der Waals surface area contributed by atoms with Crippen LogP contribution < -0.4 is 0 Å². The molecule has 1 aromatic carbocycles. The number of aliphatic hydroxyl groups is 1. The van der Waals surface area contributed by atoms with Gasteiger partial charge in [-0.05, 0) is 11.1 Å². The van der Waals surface area contributed by atoms with Gasteiger partial charge in [0, 0.05) is 21.8 Å². The summed E-state index contributed by atoms with van der Waals surface area (Å²) in [6.45, 7) is 0. The lowest BCUT2D eigenvalue weighted by Crippen LogP contribution is -2.80. The van der Waals surface area contributed by atoms with Crippen LogP contribution >= 0.6 is 35.2 Å². The smallest absolute Gasteiger partial charge is 0.326 e. The molecule has 0 amide bonds. The Morgan fingerprint density at radius 3 is 2.46 bits per heavy atom. The van der Waals surface area contributed by atoms with E-state index in [9.17, 15) is 24.9 Å². The number of hydrogen-bond donors (Lipinski definition) is 4. The minimum Gasteiger partial charge on any atom is -0.480 e. The van der Waals surface area contributed by atoms with Gasteiger partial charge in [-0.25, -0.2) is 0 Å². The minimum atomic E-state index is -2.02. The zero-order valence-corrected chi connectivity index (χ0v) is 16.4. The van der Waals surface area contributed by atoms with Crippen LogP contribution in [0.5, 0.6) is 0 Å².